The Morgan fingerprint density at radius 3 is 2.60 bits per heavy atom. The molecule has 0 saturated carbocycles. The zero-order chi connectivity index (χ0) is 10.7. The van der Waals surface area contributed by atoms with Gasteiger partial charge in [-0.2, -0.15) is 0 Å². The molecule has 0 amide bonds. The molecule has 15 heavy (non-hydrogen) atoms. The Hall–Kier alpha value is -1.16. The second kappa shape index (κ2) is 4.57. The average Bonchev–Trinajstić information content (AvgIpc) is 2.24. The van der Waals surface area contributed by atoms with Crippen molar-refractivity contribution in [2.75, 3.05) is 13.1 Å². The van der Waals surface area contributed by atoms with E-state index in [1.807, 2.05) is 0 Å². The largest absolute Gasteiger partial charge is 0.487 e. The molecule has 1 aromatic rings. The quantitative estimate of drug-likeness (QED) is 0.736. The first-order valence-electron chi connectivity index (χ1n) is 5.00. The third-order valence-electron chi connectivity index (χ3n) is 2.41. The van der Waals surface area contributed by atoms with Crippen molar-refractivity contribution in [3.05, 3.63) is 29.8 Å². The summed E-state index contributed by atoms with van der Waals surface area (Å²) in [5.74, 6) is -1.10. The minimum Gasteiger partial charge on any atom is -0.487 e. The third kappa shape index (κ3) is 2.65. The number of ether oxygens (including phenoxy) is 1. The van der Waals surface area contributed by atoms with Crippen molar-refractivity contribution in [1.82, 2.24) is 5.32 Å². The summed E-state index contributed by atoms with van der Waals surface area (Å²) in [5, 5.41) is 4.17. The predicted octanol–water partition coefficient (Wildman–Crippen LogP) is 2.11. The number of nitrogens with zero attached hydrogens (tertiary/aromatic N) is 1. The molecule has 0 unspecified atom stereocenters. The topological polar surface area (TPSA) is 23.3 Å². The van der Waals surface area contributed by atoms with E-state index in [2.05, 4.69) is 5.32 Å². The van der Waals surface area contributed by atoms with Crippen molar-refractivity contribution >= 4 is 0 Å². The van der Waals surface area contributed by atoms with Gasteiger partial charge in [-0.05, 0) is 25.0 Å². The molecule has 2 nitrogen and oxygen atoms in total. The van der Waals surface area contributed by atoms with E-state index in [0.717, 1.165) is 32.0 Å². The second-order valence-electron chi connectivity index (χ2n) is 3.56. The van der Waals surface area contributed by atoms with Gasteiger partial charge in [0.2, 0.25) is 0 Å². The van der Waals surface area contributed by atoms with Crippen LogP contribution in [-0.4, -0.2) is 19.2 Å². The number of hydrogen-bond donors (Lipinski definition) is 0. The van der Waals surface area contributed by atoms with Crippen LogP contribution in [0.1, 0.15) is 12.8 Å². The Morgan fingerprint density at radius 2 is 1.93 bits per heavy atom. The summed E-state index contributed by atoms with van der Waals surface area (Å²) in [6.07, 6.45) is 1.61. The molecule has 1 aliphatic heterocycles. The fraction of sp³-hybridized carbons (Fsp3) is 0.455. The van der Waals surface area contributed by atoms with Crippen LogP contribution < -0.4 is 10.1 Å². The Kier molecular flexibility index (Phi) is 3.16. The van der Waals surface area contributed by atoms with Gasteiger partial charge in [-0.3, -0.25) is 0 Å². The molecule has 0 bridgehead atoms. The highest BCUT2D eigenvalue weighted by Gasteiger charge is 2.16. The van der Waals surface area contributed by atoms with E-state index in [4.69, 9.17) is 4.74 Å². The van der Waals surface area contributed by atoms with Crippen molar-refractivity contribution in [3.8, 4) is 5.75 Å². The molecule has 1 aromatic carbocycles. The van der Waals surface area contributed by atoms with Crippen molar-refractivity contribution in [2.45, 2.75) is 18.9 Å². The molecular weight excluding hydrogens is 200 g/mol. The zero-order valence-corrected chi connectivity index (χ0v) is 8.25. The normalized spacial score (nSPS) is 17.7. The standard InChI is InChI=1S/C11H12F2NO/c12-8-1-2-11(10(13)7-8)15-9-3-5-14-6-4-9/h1-2,7,9H,3-6H2. The third-order valence-corrected chi connectivity index (χ3v) is 2.41. The molecular formula is C11H12F2NO. The lowest BCUT2D eigenvalue weighted by atomic mass is 10.1. The molecule has 1 heterocycles. The lowest BCUT2D eigenvalue weighted by Crippen LogP contribution is -2.30. The summed E-state index contributed by atoms with van der Waals surface area (Å²) in [4.78, 5) is 0. The van der Waals surface area contributed by atoms with E-state index in [0.29, 0.717) is 0 Å². The maximum Gasteiger partial charge on any atom is 0.167 e. The molecule has 0 spiro atoms. The molecule has 0 N–H and O–H groups in total. The van der Waals surface area contributed by atoms with Crippen LogP contribution in [0.25, 0.3) is 0 Å². The van der Waals surface area contributed by atoms with Gasteiger partial charge in [-0.25, -0.2) is 14.1 Å². The maximum absolute atomic E-state index is 13.2. The Balaban J connectivity index is 2.03. The van der Waals surface area contributed by atoms with E-state index in [1.54, 1.807) is 0 Å². The molecule has 2 rings (SSSR count). The van der Waals surface area contributed by atoms with Crippen LogP contribution in [0, 0.1) is 11.6 Å². The monoisotopic (exact) mass is 212 g/mol. The molecule has 1 radical (unpaired) electrons. The summed E-state index contributed by atoms with van der Waals surface area (Å²) in [5.41, 5.74) is 0. The zero-order valence-electron chi connectivity index (χ0n) is 8.25. The predicted molar refractivity (Wildman–Crippen MR) is 51.9 cm³/mol. The average molecular weight is 212 g/mol. The molecule has 0 aliphatic carbocycles. The summed E-state index contributed by atoms with van der Waals surface area (Å²) in [7, 11) is 0. The number of halogens is 2. The van der Waals surface area contributed by atoms with Crippen molar-refractivity contribution < 1.29 is 13.5 Å². The van der Waals surface area contributed by atoms with Gasteiger partial charge >= 0.3 is 0 Å². The second-order valence-corrected chi connectivity index (χ2v) is 3.56. The van der Waals surface area contributed by atoms with Gasteiger partial charge in [0, 0.05) is 19.2 Å². The lowest BCUT2D eigenvalue weighted by Gasteiger charge is -2.23. The first kappa shape index (κ1) is 10.4. The number of hydrogen-bond acceptors (Lipinski definition) is 1. The first-order chi connectivity index (χ1) is 7.25. The smallest absolute Gasteiger partial charge is 0.167 e. The van der Waals surface area contributed by atoms with Crippen LogP contribution in [0.5, 0.6) is 5.75 Å². The summed E-state index contributed by atoms with van der Waals surface area (Å²) in [6.45, 7) is 1.51. The fourth-order valence-corrected chi connectivity index (χ4v) is 1.59. The summed E-state index contributed by atoms with van der Waals surface area (Å²) in [6, 6.07) is 3.37. The minimum absolute atomic E-state index is 0.00228. The highest BCUT2D eigenvalue weighted by Crippen LogP contribution is 2.21. The fourth-order valence-electron chi connectivity index (χ4n) is 1.59. The Labute approximate surface area is 87.2 Å². The number of rotatable bonds is 2. The van der Waals surface area contributed by atoms with Crippen LogP contribution in [0.4, 0.5) is 8.78 Å². The van der Waals surface area contributed by atoms with Crippen molar-refractivity contribution in [3.63, 3.8) is 0 Å². The molecule has 81 valence electrons. The van der Waals surface area contributed by atoms with Crippen molar-refractivity contribution in [1.29, 1.82) is 0 Å². The first-order valence-corrected chi connectivity index (χ1v) is 5.00. The van der Waals surface area contributed by atoms with E-state index in [-0.39, 0.29) is 11.9 Å². The van der Waals surface area contributed by atoms with Gasteiger partial charge in [0.15, 0.2) is 11.6 Å². The van der Waals surface area contributed by atoms with Gasteiger partial charge in [0.05, 0.1) is 0 Å². The van der Waals surface area contributed by atoms with Crippen LogP contribution in [0.3, 0.4) is 0 Å². The summed E-state index contributed by atoms with van der Waals surface area (Å²) >= 11 is 0. The van der Waals surface area contributed by atoms with Crippen LogP contribution in [0.2, 0.25) is 0 Å². The molecule has 4 heteroatoms. The number of piperidine rings is 1. The minimum atomic E-state index is -0.641. The van der Waals surface area contributed by atoms with E-state index in [9.17, 15) is 8.78 Å². The Morgan fingerprint density at radius 1 is 1.20 bits per heavy atom. The van der Waals surface area contributed by atoms with Gasteiger partial charge in [0.25, 0.3) is 0 Å². The molecule has 1 fully saturated rings. The highest BCUT2D eigenvalue weighted by atomic mass is 19.1. The van der Waals surface area contributed by atoms with Crippen LogP contribution in [0.15, 0.2) is 18.2 Å². The Bertz CT molecular complexity index is 337. The van der Waals surface area contributed by atoms with Crippen LogP contribution >= 0.6 is 0 Å². The molecule has 0 atom stereocenters. The molecule has 1 saturated heterocycles. The SMILES string of the molecule is Fc1ccc(OC2CC[N]CC2)c(F)c1. The number of benzene rings is 1. The van der Waals surface area contributed by atoms with Crippen LogP contribution in [-0.2, 0) is 0 Å². The van der Waals surface area contributed by atoms with Gasteiger partial charge in [-0.1, -0.05) is 0 Å². The highest BCUT2D eigenvalue weighted by molar-refractivity contribution is 5.24. The van der Waals surface area contributed by atoms with Gasteiger partial charge in [-0.15, -0.1) is 0 Å². The summed E-state index contributed by atoms with van der Waals surface area (Å²) < 4.78 is 31.3. The van der Waals surface area contributed by atoms with Crippen molar-refractivity contribution in [2.24, 2.45) is 0 Å². The van der Waals surface area contributed by atoms with Gasteiger partial charge < -0.3 is 4.74 Å². The van der Waals surface area contributed by atoms with Gasteiger partial charge in [0.1, 0.15) is 11.9 Å². The van der Waals surface area contributed by atoms with E-state index in [1.165, 1.54) is 12.1 Å². The van der Waals surface area contributed by atoms with E-state index >= 15 is 0 Å². The molecule has 0 aromatic heterocycles. The molecule has 1 aliphatic rings. The maximum atomic E-state index is 13.2. The van der Waals surface area contributed by atoms with E-state index < -0.39 is 11.6 Å². The lowest BCUT2D eigenvalue weighted by molar-refractivity contribution is 0.154.